The Morgan fingerprint density at radius 1 is 0.946 bits per heavy atom. The monoisotopic (exact) mass is 1040 g/mol. The van der Waals surface area contributed by atoms with Gasteiger partial charge in [0.25, 0.3) is 0 Å². The lowest BCUT2D eigenvalue weighted by Gasteiger charge is -2.51. The Hall–Kier alpha value is -3.77. The van der Waals surface area contributed by atoms with E-state index in [2.05, 4.69) is 25.2 Å². The van der Waals surface area contributed by atoms with E-state index in [0.29, 0.717) is 32.5 Å². The first-order valence-corrected chi connectivity index (χ1v) is 26.5. The van der Waals surface area contributed by atoms with Crippen LogP contribution in [-0.2, 0) is 46.2 Å². The summed E-state index contributed by atoms with van der Waals surface area (Å²) in [5.41, 5.74) is 4.73. The first-order valence-electron chi connectivity index (χ1n) is 26.5. The van der Waals surface area contributed by atoms with E-state index in [9.17, 15) is 30.3 Å². The number of nitrogens with two attached hydrogens (primary N) is 1. The molecule has 0 amide bonds. The number of aromatic nitrogens is 5. The van der Waals surface area contributed by atoms with Gasteiger partial charge in [-0.2, -0.15) is 0 Å². The summed E-state index contributed by atoms with van der Waals surface area (Å²) >= 11 is 0. The Bertz CT molecular complexity index is 2240. The average molecular weight is 1040 g/mol. The van der Waals surface area contributed by atoms with Crippen LogP contribution in [0.4, 0.5) is 5.95 Å². The summed E-state index contributed by atoms with van der Waals surface area (Å²) in [6.45, 7) is 19.3. The number of anilines is 1. The molecule has 0 aliphatic carbocycles. The highest BCUT2D eigenvalue weighted by atomic mass is 16.7. The van der Waals surface area contributed by atoms with Gasteiger partial charge >= 0.3 is 5.97 Å². The number of carbonyl (C=O) groups is 1. The molecule has 3 saturated heterocycles. The molecule has 0 spiro atoms. The van der Waals surface area contributed by atoms with E-state index in [1.807, 2.05) is 84.1 Å². The maximum Gasteiger partial charge on any atom is 0.309 e. The Morgan fingerprint density at radius 2 is 1.61 bits per heavy atom. The standard InChI is InChI=1S/C54H88N8O12/c1-15-43-54(10,68)46(64)34(6)61(12)27-30(2)23-52(8,67)48(32(4)44(33(5)49(66)73-43)41-24-53(9,70-14)47(65)35(7)72-41)74-50-45(63)40(22-31(3)71-50)60(11)21-20-39-28-62(59-58-39)29-42(69-13)37-18-16-36(17-19-37)38-25-56-51(55)57-26-38/h16-19,25-26,28,30-35,40-48,50,63-65,67-68H,15,20-24,27,29H2,1-14H3,(H2,55,56,57)/t30-,31-,32+,33-,34-,35+,40+,41-,42+,43-,44?,45-,46-,47+,48-,50+,52-,53-,54-/m1/s1. The molecule has 3 aromatic rings. The lowest BCUT2D eigenvalue weighted by molar-refractivity contribution is -0.302. The van der Waals surface area contributed by atoms with Crippen molar-refractivity contribution >= 4 is 11.9 Å². The van der Waals surface area contributed by atoms with Gasteiger partial charge in [-0.1, -0.05) is 57.2 Å². The topological polar surface area (TPSA) is 263 Å². The van der Waals surface area contributed by atoms with Crippen molar-refractivity contribution in [2.45, 2.75) is 198 Å². The SMILES string of the molecule is CC[C@H]1OC(=O)[C@H](C)C([C@H]2C[C@@](C)(OC)[C@@H](O)[C@H](C)O2)[C@H](C)[C@@H](O[C@@H]2O[C@H](C)C[C@H](N(C)CCc3cn(C[C@H](OC)c4ccc(-c5cnc(N)nc5)cc4)nn3)[C@H]2O)[C@](C)(O)C[C@@H](C)CN(C)[C@H](C)[C@@H](O)[C@]1(C)O. The van der Waals surface area contributed by atoms with E-state index in [1.54, 1.807) is 51.9 Å². The predicted molar refractivity (Wildman–Crippen MR) is 277 cm³/mol. The van der Waals surface area contributed by atoms with Gasteiger partial charge in [0.05, 0.1) is 53.8 Å². The molecule has 6 rings (SSSR count). The number of methoxy groups -OCH3 is 2. The predicted octanol–water partition coefficient (Wildman–Crippen LogP) is 3.81. The number of benzene rings is 1. The van der Waals surface area contributed by atoms with Gasteiger partial charge in [0.15, 0.2) is 6.29 Å². The number of cyclic esters (lactones) is 1. The summed E-state index contributed by atoms with van der Waals surface area (Å²) in [7, 11) is 6.99. The molecule has 416 valence electrons. The van der Waals surface area contributed by atoms with Crippen molar-refractivity contribution < 1.29 is 58.7 Å². The van der Waals surface area contributed by atoms with E-state index < -0.39 is 102 Å². The average Bonchev–Trinajstić information content (AvgIpc) is 3.82. The number of hydrogen-bond donors (Lipinski definition) is 6. The van der Waals surface area contributed by atoms with E-state index in [0.717, 1.165) is 22.4 Å². The smallest absolute Gasteiger partial charge is 0.309 e. The summed E-state index contributed by atoms with van der Waals surface area (Å²) in [4.78, 5) is 26.8. The minimum absolute atomic E-state index is 0.177. The van der Waals surface area contributed by atoms with E-state index in [1.165, 1.54) is 14.0 Å². The molecule has 1 aromatic carbocycles. The van der Waals surface area contributed by atoms with Crippen LogP contribution in [0, 0.1) is 23.7 Å². The van der Waals surface area contributed by atoms with Crippen LogP contribution in [0.15, 0.2) is 42.9 Å². The number of rotatable bonds is 14. The second-order valence-electron chi connectivity index (χ2n) is 22.6. The second-order valence-corrected chi connectivity index (χ2v) is 22.6. The number of ether oxygens (including phenoxy) is 6. The molecule has 74 heavy (non-hydrogen) atoms. The number of esters is 1. The molecule has 0 radical (unpaired) electrons. The molecule has 5 heterocycles. The molecule has 3 aliphatic heterocycles. The number of aliphatic hydroxyl groups is 5. The fourth-order valence-electron chi connectivity index (χ4n) is 12.1. The molecule has 1 unspecified atom stereocenters. The lowest BCUT2D eigenvalue weighted by atomic mass is 9.68. The number of hydrogen-bond acceptors (Lipinski definition) is 19. The third-order valence-corrected chi connectivity index (χ3v) is 16.7. The highest BCUT2D eigenvalue weighted by molar-refractivity contribution is 5.73. The van der Waals surface area contributed by atoms with Gasteiger partial charge in [-0.3, -0.25) is 4.79 Å². The quantitative estimate of drug-likeness (QED) is 0.125. The van der Waals surface area contributed by atoms with Crippen molar-refractivity contribution in [2.24, 2.45) is 23.7 Å². The van der Waals surface area contributed by atoms with Crippen molar-refractivity contribution in [3.05, 3.63) is 54.1 Å². The van der Waals surface area contributed by atoms with Gasteiger partial charge in [-0.25, -0.2) is 14.6 Å². The molecular weight excluding hydrogens is 953 g/mol. The Labute approximate surface area is 438 Å². The van der Waals surface area contributed by atoms with Crippen LogP contribution in [0.25, 0.3) is 11.1 Å². The summed E-state index contributed by atoms with van der Waals surface area (Å²) in [5.74, 6) is -2.95. The Balaban J connectivity index is 1.24. The van der Waals surface area contributed by atoms with Crippen LogP contribution in [0.3, 0.4) is 0 Å². The first-order chi connectivity index (χ1) is 34.7. The third kappa shape index (κ3) is 13.5. The number of nitrogens with zero attached hydrogens (tertiary/aromatic N) is 7. The first kappa shape index (κ1) is 59.5. The second kappa shape index (κ2) is 24.7. The summed E-state index contributed by atoms with van der Waals surface area (Å²) < 4.78 is 39.9. The van der Waals surface area contributed by atoms with Crippen molar-refractivity contribution in [3.63, 3.8) is 0 Å². The van der Waals surface area contributed by atoms with Gasteiger partial charge < -0.3 is 69.5 Å². The van der Waals surface area contributed by atoms with Gasteiger partial charge in [0.1, 0.15) is 36.1 Å². The van der Waals surface area contributed by atoms with Gasteiger partial charge in [0.2, 0.25) is 5.95 Å². The van der Waals surface area contributed by atoms with Gasteiger partial charge in [0, 0.05) is 82.3 Å². The van der Waals surface area contributed by atoms with E-state index >= 15 is 0 Å². The van der Waals surface area contributed by atoms with Crippen molar-refractivity contribution in [1.82, 2.24) is 34.8 Å². The van der Waals surface area contributed by atoms with Gasteiger partial charge in [-0.05, 0) is 97.9 Å². The van der Waals surface area contributed by atoms with Crippen LogP contribution in [0.1, 0.15) is 112 Å². The summed E-state index contributed by atoms with van der Waals surface area (Å²) in [6, 6.07) is 7.00. The minimum Gasteiger partial charge on any atom is -0.459 e. The molecule has 20 heteroatoms. The van der Waals surface area contributed by atoms with E-state index in [4.69, 9.17) is 34.2 Å². The van der Waals surface area contributed by atoms with Crippen LogP contribution >= 0.6 is 0 Å². The fraction of sp³-hybridized carbons (Fsp3) is 0.759. The third-order valence-electron chi connectivity index (χ3n) is 16.7. The molecule has 3 aliphatic rings. The molecule has 0 bridgehead atoms. The lowest BCUT2D eigenvalue weighted by Crippen LogP contribution is -2.62. The zero-order valence-corrected chi connectivity index (χ0v) is 46.2. The molecule has 19 atom stereocenters. The molecule has 0 saturated carbocycles. The molecule has 7 N–H and O–H groups in total. The van der Waals surface area contributed by atoms with Crippen molar-refractivity contribution in [3.8, 4) is 11.1 Å². The molecule has 3 fully saturated rings. The highest BCUT2D eigenvalue weighted by Crippen LogP contribution is 2.45. The van der Waals surface area contributed by atoms with E-state index in [-0.39, 0.29) is 43.3 Å². The fourth-order valence-corrected chi connectivity index (χ4v) is 12.1. The largest absolute Gasteiger partial charge is 0.459 e. The highest BCUT2D eigenvalue weighted by Gasteiger charge is 2.55. The van der Waals surface area contributed by atoms with Gasteiger partial charge in [-0.15, -0.1) is 5.10 Å². The number of carbonyl (C=O) groups excluding carboxylic acids is 1. The number of aliphatic hydroxyl groups excluding tert-OH is 3. The Morgan fingerprint density at radius 3 is 2.23 bits per heavy atom. The maximum absolute atomic E-state index is 14.6. The minimum atomic E-state index is -1.82. The van der Waals surface area contributed by atoms with Crippen molar-refractivity contribution in [2.75, 3.05) is 47.1 Å². The molecular formula is C54H88N8O12. The maximum atomic E-state index is 14.6. The number of nitrogen functional groups attached to an aromatic ring is 1. The zero-order chi connectivity index (χ0) is 54.6. The van der Waals surface area contributed by atoms with Crippen LogP contribution < -0.4 is 5.73 Å². The molecule has 20 nitrogen and oxygen atoms in total. The van der Waals surface area contributed by atoms with Crippen molar-refractivity contribution in [1.29, 1.82) is 0 Å². The number of likely N-dealkylation sites (N-methyl/N-ethyl adjacent to an activating group) is 2. The molecule has 2 aromatic heterocycles. The van der Waals surface area contributed by atoms with Crippen LogP contribution in [0.2, 0.25) is 0 Å². The Kier molecular flexibility index (Phi) is 19.9. The normalized spacial score (nSPS) is 38.8. The van der Waals surface area contributed by atoms with Crippen LogP contribution in [-0.4, -0.2) is 192 Å². The summed E-state index contributed by atoms with van der Waals surface area (Å²) in [6.07, 6.45) is -1.91. The summed E-state index contributed by atoms with van der Waals surface area (Å²) in [5, 5.41) is 69.1. The zero-order valence-electron chi connectivity index (χ0n) is 46.2. The van der Waals surface area contributed by atoms with Crippen LogP contribution in [0.5, 0.6) is 0 Å².